The standard InChI is InChI=1S/C22H26N6O/c1-2-27(17-18-8-4-3-5-9-18)21-16-23-26-22(25-21)24-19-10-6-7-11-20(19)28-12-14-29-15-13-28/h3-11,16H,2,12-15,17H2,1H3,(H,24,25,26). The van der Waals surface area contributed by atoms with Crippen LogP contribution in [0.2, 0.25) is 0 Å². The minimum atomic E-state index is 0.495. The van der Waals surface area contributed by atoms with Crippen molar-refractivity contribution in [1.29, 1.82) is 0 Å². The molecule has 29 heavy (non-hydrogen) atoms. The summed E-state index contributed by atoms with van der Waals surface area (Å²) in [5, 5.41) is 11.7. The van der Waals surface area contributed by atoms with Gasteiger partial charge in [-0.05, 0) is 24.6 Å². The normalized spacial score (nSPS) is 13.9. The van der Waals surface area contributed by atoms with Crippen molar-refractivity contribution in [2.24, 2.45) is 0 Å². The van der Waals surface area contributed by atoms with Gasteiger partial charge in [0.1, 0.15) is 0 Å². The van der Waals surface area contributed by atoms with Crippen LogP contribution in [-0.4, -0.2) is 48.0 Å². The smallest absolute Gasteiger partial charge is 0.249 e. The Morgan fingerprint density at radius 1 is 1.03 bits per heavy atom. The Morgan fingerprint density at radius 2 is 1.79 bits per heavy atom. The van der Waals surface area contributed by atoms with Crippen molar-refractivity contribution in [3.05, 3.63) is 66.4 Å². The molecule has 3 aromatic rings. The molecule has 2 heterocycles. The molecule has 1 saturated heterocycles. The maximum atomic E-state index is 5.48. The lowest BCUT2D eigenvalue weighted by Crippen LogP contribution is -2.36. The van der Waals surface area contributed by atoms with E-state index in [4.69, 9.17) is 9.72 Å². The van der Waals surface area contributed by atoms with Crippen LogP contribution in [0.15, 0.2) is 60.8 Å². The maximum absolute atomic E-state index is 5.48. The zero-order valence-corrected chi connectivity index (χ0v) is 16.7. The van der Waals surface area contributed by atoms with Crippen LogP contribution in [0, 0.1) is 0 Å². The first kappa shape index (κ1) is 19.1. The van der Waals surface area contributed by atoms with E-state index in [1.165, 1.54) is 5.56 Å². The van der Waals surface area contributed by atoms with E-state index in [1.54, 1.807) is 6.20 Å². The summed E-state index contributed by atoms with van der Waals surface area (Å²) in [6, 6.07) is 18.6. The van der Waals surface area contributed by atoms with Gasteiger partial charge in [0.15, 0.2) is 5.82 Å². The number of nitrogens with one attached hydrogen (secondary N) is 1. The van der Waals surface area contributed by atoms with E-state index in [0.717, 1.165) is 56.6 Å². The van der Waals surface area contributed by atoms with Gasteiger partial charge in [-0.3, -0.25) is 0 Å². The molecular weight excluding hydrogens is 364 g/mol. The second-order valence-corrected chi connectivity index (χ2v) is 6.88. The molecule has 4 rings (SSSR count). The fourth-order valence-electron chi connectivity index (χ4n) is 3.44. The Balaban J connectivity index is 1.53. The third-order valence-electron chi connectivity index (χ3n) is 4.97. The number of hydrogen-bond acceptors (Lipinski definition) is 7. The number of benzene rings is 2. The summed E-state index contributed by atoms with van der Waals surface area (Å²) in [5.74, 6) is 1.30. The number of para-hydroxylation sites is 2. The Hall–Kier alpha value is -3.19. The molecule has 7 heteroatoms. The number of hydrogen-bond donors (Lipinski definition) is 1. The summed E-state index contributed by atoms with van der Waals surface area (Å²) in [4.78, 5) is 9.22. The second-order valence-electron chi connectivity index (χ2n) is 6.88. The number of nitrogens with zero attached hydrogens (tertiary/aromatic N) is 5. The van der Waals surface area contributed by atoms with E-state index in [2.05, 4.69) is 62.6 Å². The van der Waals surface area contributed by atoms with Crippen LogP contribution in [0.3, 0.4) is 0 Å². The molecule has 0 radical (unpaired) electrons. The summed E-state index contributed by atoms with van der Waals surface area (Å²) in [6.45, 7) is 6.96. The van der Waals surface area contributed by atoms with Crippen LogP contribution in [0.25, 0.3) is 0 Å². The van der Waals surface area contributed by atoms with E-state index in [-0.39, 0.29) is 0 Å². The SMILES string of the molecule is CCN(Cc1ccccc1)c1cnnc(Nc2ccccc2N2CCOCC2)n1. The number of anilines is 4. The van der Waals surface area contributed by atoms with E-state index < -0.39 is 0 Å². The van der Waals surface area contributed by atoms with Crippen LogP contribution in [0.4, 0.5) is 23.1 Å². The minimum absolute atomic E-state index is 0.495. The van der Waals surface area contributed by atoms with Crippen molar-refractivity contribution >= 4 is 23.1 Å². The van der Waals surface area contributed by atoms with Crippen LogP contribution in [-0.2, 0) is 11.3 Å². The van der Waals surface area contributed by atoms with Crippen LogP contribution < -0.4 is 15.1 Å². The fraction of sp³-hybridized carbons (Fsp3) is 0.318. The first-order chi connectivity index (χ1) is 14.3. The van der Waals surface area contributed by atoms with Gasteiger partial charge in [-0.25, -0.2) is 0 Å². The highest BCUT2D eigenvalue weighted by Crippen LogP contribution is 2.28. The molecule has 1 aliphatic rings. The van der Waals surface area contributed by atoms with E-state index in [0.29, 0.717) is 5.95 Å². The molecule has 0 unspecified atom stereocenters. The quantitative estimate of drug-likeness (QED) is 0.662. The molecule has 1 aromatic heterocycles. The second kappa shape index (κ2) is 9.34. The van der Waals surface area contributed by atoms with Gasteiger partial charge in [-0.1, -0.05) is 42.5 Å². The molecule has 0 amide bonds. The number of rotatable bonds is 7. The van der Waals surface area contributed by atoms with Gasteiger partial charge in [-0.15, -0.1) is 5.10 Å². The Kier molecular flexibility index (Phi) is 6.16. The predicted molar refractivity (Wildman–Crippen MR) is 116 cm³/mol. The molecular formula is C22H26N6O. The maximum Gasteiger partial charge on any atom is 0.249 e. The monoisotopic (exact) mass is 390 g/mol. The zero-order chi connectivity index (χ0) is 19.9. The first-order valence-corrected chi connectivity index (χ1v) is 10.0. The molecule has 1 aliphatic heterocycles. The molecule has 0 aliphatic carbocycles. The Morgan fingerprint density at radius 3 is 2.59 bits per heavy atom. The summed E-state index contributed by atoms with van der Waals surface area (Å²) < 4.78 is 5.48. The summed E-state index contributed by atoms with van der Waals surface area (Å²) in [6.07, 6.45) is 1.71. The average molecular weight is 390 g/mol. The van der Waals surface area contributed by atoms with Gasteiger partial charge in [0, 0.05) is 26.2 Å². The van der Waals surface area contributed by atoms with Gasteiger partial charge in [0.2, 0.25) is 5.95 Å². The largest absolute Gasteiger partial charge is 0.378 e. The minimum Gasteiger partial charge on any atom is -0.378 e. The van der Waals surface area contributed by atoms with E-state index in [9.17, 15) is 0 Å². The molecule has 7 nitrogen and oxygen atoms in total. The summed E-state index contributed by atoms with van der Waals surface area (Å²) in [5.41, 5.74) is 3.33. The lowest BCUT2D eigenvalue weighted by atomic mass is 10.2. The topological polar surface area (TPSA) is 66.4 Å². The molecule has 150 valence electrons. The third-order valence-corrected chi connectivity index (χ3v) is 4.97. The molecule has 0 bridgehead atoms. The van der Waals surface area contributed by atoms with Crippen molar-refractivity contribution in [3.63, 3.8) is 0 Å². The van der Waals surface area contributed by atoms with Crippen molar-refractivity contribution in [3.8, 4) is 0 Å². The van der Waals surface area contributed by atoms with Crippen LogP contribution >= 0.6 is 0 Å². The lowest BCUT2D eigenvalue weighted by molar-refractivity contribution is 0.123. The predicted octanol–water partition coefficient (Wildman–Crippen LogP) is 3.48. The number of ether oxygens (including phenoxy) is 1. The fourth-order valence-corrected chi connectivity index (χ4v) is 3.44. The molecule has 1 N–H and O–H groups in total. The number of morpholine rings is 1. The highest BCUT2D eigenvalue weighted by molar-refractivity contribution is 5.73. The average Bonchev–Trinajstić information content (AvgIpc) is 2.79. The van der Waals surface area contributed by atoms with Crippen molar-refractivity contribution in [1.82, 2.24) is 15.2 Å². The van der Waals surface area contributed by atoms with Gasteiger partial charge in [-0.2, -0.15) is 10.1 Å². The van der Waals surface area contributed by atoms with E-state index >= 15 is 0 Å². The van der Waals surface area contributed by atoms with Crippen LogP contribution in [0.1, 0.15) is 12.5 Å². The van der Waals surface area contributed by atoms with Crippen molar-refractivity contribution in [2.75, 3.05) is 48.0 Å². The first-order valence-electron chi connectivity index (χ1n) is 10.0. The van der Waals surface area contributed by atoms with Crippen molar-refractivity contribution < 1.29 is 4.74 Å². The van der Waals surface area contributed by atoms with Gasteiger partial charge >= 0.3 is 0 Å². The van der Waals surface area contributed by atoms with Crippen LogP contribution in [0.5, 0.6) is 0 Å². The zero-order valence-electron chi connectivity index (χ0n) is 16.7. The molecule has 0 saturated carbocycles. The van der Waals surface area contributed by atoms with Gasteiger partial charge < -0.3 is 19.9 Å². The lowest BCUT2D eigenvalue weighted by Gasteiger charge is -2.30. The van der Waals surface area contributed by atoms with E-state index in [1.807, 2.05) is 24.3 Å². The molecule has 0 spiro atoms. The van der Waals surface area contributed by atoms with Gasteiger partial charge in [0.25, 0.3) is 0 Å². The molecule has 2 aromatic carbocycles. The Bertz CT molecular complexity index is 914. The third kappa shape index (κ3) is 4.81. The van der Waals surface area contributed by atoms with Crippen molar-refractivity contribution in [2.45, 2.75) is 13.5 Å². The highest BCUT2D eigenvalue weighted by Gasteiger charge is 2.16. The number of aromatic nitrogens is 3. The Labute approximate surface area is 171 Å². The molecule has 0 atom stereocenters. The summed E-state index contributed by atoms with van der Waals surface area (Å²) in [7, 11) is 0. The molecule has 1 fully saturated rings. The summed E-state index contributed by atoms with van der Waals surface area (Å²) >= 11 is 0. The highest BCUT2D eigenvalue weighted by atomic mass is 16.5. The van der Waals surface area contributed by atoms with Gasteiger partial charge in [0.05, 0.1) is 30.8 Å².